The minimum absolute atomic E-state index is 0.0400. The van der Waals surface area contributed by atoms with Gasteiger partial charge in [0.15, 0.2) is 10.8 Å². The van der Waals surface area contributed by atoms with Crippen LogP contribution in [-0.2, 0) is 17.1 Å². The second-order valence-electron chi connectivity index (χ2n) is 4.90. The molecule has 1 aliphatic heterocycles. The third-order valence-electron chi connectivity index (χ3n) is 3.44. The standard InChI is InChI=1S/C11H21N5O2S/c1-3-16-6-4-5-9(7-16)14-19(17,18)11-10(12)13-8-15(11)2/h8-9,14H,3-7,12H2,1-2H3. The molecule has 3 N–H and O–H groups in total. The van der Waals surface area contributed by atoms with Gasteiger partial charge in [0.2, 0.25) is 0 Å². The van der Waals surface area contributed by atoms with Gasteiger partial charge < -0.3 is 15.2 Å². The lowest BCUT2D eigenvalue weighted by molar-refractivity contribution is 0.211. The van der Waals surface area contributed by atoms with Gasteiger partial charge in [-0.2, -0.15) is 0 Å². The molecule has 2 rings (SSSR count). The molecule has 2 heterocycles. The zero-order valence-electron chi connectivity index (χ0n) is 11.3. The lowest BCUT2D eigenvalue weighted by Gasteiger charge is -2.32. The molecule has 19 heavy (non-hydrogen) atoms. The van der Waals surface area contributed by atoms with E-state index in [0.717, 1.165) is 32.5 Å². The van der Waals surface area contributed by atoms with Crippen molar-refractivity contribution in [2.45, 2.75) is 30.8 Å². The Kier molecular flexibility index (Phi) is 4.12. The average molecular weight is 287 g/mol. The van der Waals surface area contributed by atoms with Crippen molar-refractivity contribution >= 4 is 15.8 Å². The number of hydrogen-bond acceptors (Lipinski definition) is 5. The van der Waals surface area contributed by atoms with Crippen LogP contribution in [0.15, 0.2) is 11.4 Å². The van der Waals surface area contributed by atoms with E-state index in [4.69, 9.17) is 5.73 Å². The number of nitrogens with zero attached hydrogens (tertiary/aromatic N) is 3. The van der Waals surface area contributed by atoms with Crippen LogP contribution in [0.1, 0.15) is 19.8 Å². The molecule has 1 saturated heterocycles. The molecule has 0 radical (unpaired) electrons. The van der Waals surface area contributed by atoms with Crippen LogP contribution in [0, 0.1) is 0 Å². The van der Waals surface area contributed by atoms with Crippen LogP contribution in [0.2, 0.25) is 0 Å². The van der Waals surface area contributed by atoms with E-state index >= 15 is 0 Å². The first-order valence-corrected chi connectivity index (χ1v) is 7.94. The number of aromatic nitrogens is 2. The van der Waals surface area contributed by atoms with E-state index in [2.05, 4.69) is 21.5 Å². The number of nitrogens with two attached hydrogens (primary N) is 1. The Hall–Kier alpha value is -1.12. The number of nitrogens with one attached hydrogen (secondary N) is 1. The molecule has 0 spiro atoms. The quantitative estimate of drug-likeness (QED) is 0.797. The predicted octanol–water partition coefficient (Wildman–Crippen LogP) is -0.235. The summed E-state index contributed by atoms with van der Waals surface area (Å²) in [6.45, 7) is 4.79. The zero-order valence-corrected chi connectivity index (χ0v) is 12.2. The minimum Gasteiger partial charge on any atom is -0.381 e. The second kappa shape index (κ2) is 5.48. The highest BCUT2D eigenvalue weighted by Gasteiger charge is 2.28. The Labute approximate surface area is 113 Å². The third kappa shape index (κ3) is 3.07. The van der Waals surface area contributed by atoms with E-state index in [1.54, 1.807) is 7.05 Å². The molecular formula is C11H21N5O2S. The molecule has 1 aliphatic rings. The molecule has 1 aromatic rings. The van der Waals surface area contributed by atoms with E-state index in [9.17, 15) is 8.42 Å². The molecular weight excluding hydrogens is 266 g/mol. The van der Waals surface area contributed by atoms with Crippen molar-refractivity contribution in [2.75, 3.05) is 25.4 Å². The second-order valence-corrected chi connectivity index (χ2v) is 6.53. The van der Waals surface area contributed by atoms with E-state index < -0.39 is 10.0 Å². The number of rotatable bonds is 4. The van der Waals surface area contributed by atoms with Gasteiger partial charge >= 0.3 is 0 Å². The van der Waals surface area contributed by atoms with Crippen molar-refractivity contribution in [3.8, 4) is 0 Å². The highest BCUT2D eigenvalue weighted by Crippen LogP contribution is 2.18. The highest BCUT2D eigenvalue weighted by molar-refractivity contribution is 7.89. The average Bonchev–Trinajstić information content (AvgIpc) is 2.69. The number of nitrogen functional groups attached to an aromatic ring is 1. The fourth-order valence-corrected chi connectivity index (χ4v) is 3.98. The van der Waals surface area contributed by atoms with E-state index in [0.29, 0.717) is 0 Å². The smallest absolute Gasteiger partial charge is 0.260 e. The molecule has 1 fully saturated rings. The Morgan fingerprint density at radius 3 is 2.89 bits per heavy atom. The molecule has 0 bridgehead atoms. The fraction of sp³-hybridized carbons (Fsp3) is 0.727. The van der Waals surface area contributed by atoms with Gasteiger partial charge in [0.05, 0.1) is 6.33 Å². The van der Waals surface area contributed by atoms with Gasteiger partial charge in [-0.05, 0) is 25.9 Å². The summed E-state index contributed by atoms with van der Waals surface area (Å²) in [4.78, 5) is 6.06. The number of piperidine rings is 1. The van der Waals surface area contributed by atoms with Crippen LogP contribution in [0.4, 0.5) is 5.82 Å². The predicted molar refractivity (Wildman–Crippen MR) is 73.1 cm³/mol. The van der Waals surface area contributed by atoms with Gasteiger partial charge in [0.1, 0.15) is 0 Å². The van der Waals surface area contributed by atoms with Gasteiger partial charge in [-0.25, -0.2) is 18.1 Å². The van der Waals surface area contributed by atoms with Crippen molar-refractivity contribution in [1.82, 2.24) is 19.2 Å². The molecule has 0 amide bonds. The highest BCUT2D eigenvalue weighted by atomic mass is 32.2. The molecule has 7 nitrogen and oxygen atoms in total. The molecule has 1 aromatic heterocycles. The largest absolute Gasteiger partial charge is 0.381 e. The van der Waals surface area contributed by atoms with Crippen LogP contribution >= 0.6 is 0 Å². The SMILES string of the molecule is CCN1CCCC(NS(=O)(=O)c2c(N)ncn2C)C1. The Morgan fingerprint density at radius 1 is 1.58 bits per heavy atom. The number of aryl methyl sites for hydroxylation is 1. The van der Waals surface area contributed by atoms with E-state index in [1.807, 2.05) is 0 Å². The number of hydrogen-bond donors (Lipinski definition) is 2. The maximum atomic E-state index is 12.3. The van der Waals surface area contributed by atoms with Crippen LogP contribution in [-0.4, -0.2) is 48.5 Å². The first kappa shape index (κ1) is 14.3. The van der Waals surface area contributed by atoms with Gasteiger partial charge in [-0.15, -0.1) is 0 Å². The molecule has 1 atom stereocenters. The zero-order chi connectivity index (χ0) is 14.0. The summed E-state index contributed by atoms with van der Waals surface area (Å²) in [5.74, 6) is 0.0400. The summed E-state index contributed by atoms with van der Waals surface area (Å²) in [5, 5.41) is 0.0427. The van der Waals surface area contributed by atoms with Crippen LogP contribution in [0.3, 0.4) is 0 Å². The Bertz CT molecular complexity index is 520. The maximum Gasteiger partial charge on any atom is 0.260 e. The summed E-state index contributed by atoms with van der Waals surface area (Å²) >= 11 is 0. The van der Waals surface area contributed by atoms with Crippen molar-refractivity contribution in [1.29, 1.82) is 0 Å². The monoisotopic (exact) mass is 287 g/mol. The Morgan fingerprint density at radius 2 is 2.32 bits per heavy atom. The van der Waals surface area contributed by atoms with Crippen LogP contribution in [0.25, 0.3) is 0 Å². The summed E-state index contributed by atoms with van der Waals surface area (Å²) in [6, 6.07) is -0.0620. The molecule has 0 saturated carbocycles. The first-order valence-electron chi connectivity index (χ1n) is 6.45. The van der Waals surface area contributed by atoms with Crippen molar-refractivity contribution in [2.24, 2.45) is 7.05 Å². The Balaban J connectivity index is 2.14. The number of sulfonamides is 1. The number of anilines is 1. The van der Waals surface area contributed by atoms with Gasteiger partial charge in [0, 0.05) is 19.6 Å². The van der Waals surface area contributed by atoms with Gasteiger partial charge in [0.25, 0.3) is 10.0 Å². The molecule has 8 heteroatoms. The van der Waals surface area contributed by atoms with Gasteiger partial charge in [-0.3, -0.25) is 0 Å². The van der Waals surface area contributed by atoms with E-state index in [-0.39, 0.29) is 16.9 Å². The van der Waals surface area contributed by atoms with Crippen molar-refractivity contribution < 1.29 is 8.42 Å². The summed E-state index contributed by atoms with van der Waals surface area (Å²) < 4.78 is 28.8. The number of imidazole rings is 1. The lowest BCUT2D eigenvalue weighted by Crippen LogP contribution is -2.47. The molecule has 1 unspecified atom stereocenters. The summed E-state index contributed by atoms with van der Waals surface area (Å²) in [7, 11) is -1.99. The maximum absolute atomic E-state index is 12.3. The molecule has 0 aromatic carbocycles. The third-order valence-corrected chi connectivity index (χ3v) is 5.09. The van der Waals surface area contributed by atoms with Crippen molar-refractivity contribution in [3.05, 3.63) is 6.33 Å². The van der Waals surface area contributed by atoms with E-state index in [1.165, 1.54) is 10.9 Å². The van der Waals surface area contributed by atoms with Crippen molar-refractivity contribution in [3.63, 3.8) is 0 Å². The normalized spacial score (nSPS) is 21.7. The van der Waals surface area contributed by atoms with Crippen LogP contribution < -0.4 is 10.5 Å². The molecule has 108 valence electrons. The molecule has 0 aliphatic carbocycles. The summed E-state index contributed by atoms with van der Waals surface area (Å²) in [6.07, 6.45) is 3.26. The summed E-state index contributed by atoms with van der Waals surface area (Å²) in [5.41, 5.74) is 5.62. The lowest BCUT2D eigenvalue weighted by atomic mass is 10.1. The first-order chi connectivity index (χ1) is 8.94. The minimum atomic E-state index is -3.61. The fourth-order valence-electron chi connectivity index (χ4n) is 2.48. The number of likely N-dealkylation sites (N-methyl/N-ethyl adjacent to an activating group) is 1. The van der Waals surface area contributed by atoms with Gasteiger partial charge in [-0.1, -0.05) is 6.92 Å². The topological polar surface area (TPSA) is 93.2 Å². The van der Waals surface area contributed by atoms with Crippen LogP contribution in [0.5, 0.6) is 0 Å². The number of likely N-dealkylation sites (tertiary alicyclic amines) is 1.